The molecule has 0 atom stereocenters. The second-order valence-corrected chi connectivity index (χ2v) is 9.97. The minimum absolute atomic E-state index is 0.0693. The second kappa shape index (κ2) is 9.50. The summed E-state index contributed by atoms with van der Waals surface area (Å²) in [5.41, 5.74) is 4.62. The van der Waals surface area contributed by atoms with Gasteiger partial charge in [0.1, 0.15) is 10.6 Å². The molecule has 6 nitrogen and oxygen atoms in total. The Morgan fingerprint density at radius 2 is 1.83 bits per heavy atom. The number of hydrogen-bond acceptors (Lipinski definition) is 5. The molecule has 0 spiro atoms. The summed E-state index contributed by atoms with van der Waals surface area (Å²) in [6, 6.07) is 14.8. The maximum absolute atomic E-state index is 13.2. The zero-order chi connectivity index (χ0) is 24.5. The third-order valence-electron chi connectivity index (χ3n) is 6.56. The van der Waals surface area contributed by atoms with E-state index < -0.39 is 5.91 Å². The van der Waals surface area contributed by atoms with Gasteiger partial charge < -0.3 is 15.1 Å². The summed E-state index contributed by atoms with van der Waals surface area (Å²) in [5.74, 6) is -0.801. The van der Waals surface area contributed by atoms with Crippen LogP contribution in [0.1, 0.15) is 54.5 Å². The minimum atomic E-state index is -0.539. The number of anilines is 1. The largest absolute Gasteiger partial charge is 0.450 e. The van der Waals surface area contributed by atoms with E-state index in [1.807, 2.05) is 50.2 Å². The van der Waals surface area contributed by atoms with Gasteiger partial charge in [-0.15, -0.1) is 11.3 Å². The molecule has 0 saturated carbocycles. The highest BCUT2D eigenvalue weighted by Gasteiger charge is 2.28. The first-order valence-electron chi connectivity index (χ1n) is 11.7. The third kappa shape index (κ3) is 4.51. The van der Waals surface area contributed by atoms with Crippen LogP contribution in [0.4, 0.5) is 5.00 Å². The number of fused-ring (bicyclic) bond motifs is 2. The Morgan fingerprint density at radius 1 is 1.03 bits per heavy atom. The number of nitrogens with one attached hydrogen (secondary N) is 2. The molecule has 35 heavy (non-hydrogen) atoms. The Balaban J connectivity index is 1.40. The molecule has 0 saturated heterocycles. The van der Waals surface area contributed by atoms with Crippen LogP contribution in [0, 0.1) is 13.8 Å². The number of amides is 2. The summed E-state index contributed by atoms with van der Waals surface area (Å²) in [6.07, 6.45) is 3.43. The molecule has 4 aromatic rings. The lowest BCUT2D eigenvalue weighted by Crippen LogP contribution is -2.27. The summed E-state index contributed by atoms with van der Waals surface area (Å²) in [5, 5.41) is 6.81. The number of rotatable bonds is 6. The average molecular weight is 487 g/mol. The molecule has 0 aliphatic heterocycles. The molecule has 2 N–H and O–H groups in total. The van der Waals surface area contributed by atoms with Crippen LogP contribution in [-0.4, -0.2) is 18.4 Å². The summed E-state index contributed by atoms with van der Waals surface area (Å²) in [7, 11) is 0. The highest BCUT2D eigenvalue weighted by atomic mass is 32.1. The van der Waals surface area contributed by atoms with Crippen molar-refractivity contribution in [3.8, 4) is 0 Å². The molecule has 1 aliphatic carbocycles. The van der Waals surface area contributed by atoms with Gasteiger partial charge in [0.15, 0.2) is 11.2 Å². The molecule has 178 valence electrons. The molecular weight excluding hydrogens is 460 g/mol. The first-order chi connectivity index (χ1) is 16.9. The monoisotopic (exact) mass is 486 g/mol. The van der Waals surface area contributed by atoms with Gasteiger partial charge in [-0.2, -0.15) is 0 Å². The zero-order valence-corrected chi connectivity index (χ0v) is 20.5. The van der Waals surface area contributed by atoms with Crippen LogP contribution >= 0.6 is 11.3 Å². The summed E-state index contributed by atoms with van der Waals surface area (Å²) in [4.78, 5) is 40.1. The van der Waals surface area contributed by atoms with Crippen LogP contribution in [-0.2, 0) is 19.3 Å². The quantitative estimate of drug-likeness (QED) is 0.393. The maximum Gasteiger partial charge on any atom is 0.292 e. The lowest BCUT2D eigenvalue weighted by Gasteiger charge is -2.10. The fourth-order valence-corrected chi connectivity index (χ4v) is 5.80. The minimum Gasteiger partial charge on any atom is -0.450 e. The van der Waals surface area contributed by atoms with Crippen LogP contribution < -0.4 is 16.1 Å². The Hall–Kier alpha value is -3.71. The maximum atomic E-state index is 13.2. The first-order valence-corrected chi connectivity index (χ1v) is 12.6. The van der Waals surface area contributed by atoms with Crippen molar-refractivity contribution < 1.29 is 14.0 Å². The molecule has 5 rings (SSSR count). The fraction of sp³-hybridized carbons (Fsp3) is 0.250. The SMILES string of the molecule is Cc1ccc2c(=O)cc(C(=O)Nc3sc4c(c3C(=O)NCCc3ccccc3)CCC4)oc2c1C. The lowest BCUT2D eigenvalue weighted by molar-refractivity contribution is 0.0954. The van der Waals surface area contributed by atoms with Crippen molar-refractivity contribution in [1.82, 2.24) is 5.32 Å². The second-order valence-electron chi connectivity index (χ2n) is 8.87. The Labute approximate surface area is 207 Å². The number of aryl methyl sites for hydroxylation is 3. The van der Waals surface area contributed by atoms with Crippen molar-refractivity contribution in [1.29, 1.82) is 0 Å². The predicted molar refractivity (Wildman–Crippen MR) is 139 cm³/mol. The van der Waals surface area contributed by atoms with Crippen molar-refractivity contribution >= 4 is 39.1 Å². The molecular formula is C28H26N2O4S. The number of carbonyl (C=O) groups is 2. The molecule has 2 heterocycles. The molecule has 2 amide bonds. The molecule has 0 bridgehead atoms. The highest BCUT2D eigenvalue weighted by Crippen LogP contribution is 2.39. The van der Waals surface area contributed by atoms with E-state index in [2.05, 4.69) is 10.6 Å². The standard InChI is InChI=1S/C28H26N2O4S/c1-16-11-12-19-21(31)15-22(34-25(19)17(16)2)26(32)30-28-24(20-9-6-10-23(20)35-28)27(33)29-14-13-18-7-4-3-5-8-18/h3-5,7-8,11-12,15H,6,9-10,13-14H2,1-2H3,(H,29,33)(H,30,32). The van der Waals surface area contributed by atoms with Gasteiger partial charge in [-0.05, 0) is 67.9 Å². The number of benzene rings is 2. The van der Waals surface area contributed by atoms with Crippen molar-refractivity contribution in [3.05, 3.63) is 97.2 Å². The summed E-state index contributed by atoms with van der Waals surface area (Å²) >= 11 is 1.43. The predicted octanol–water partition coefficient (Wildman–Crippen LogP) is 5.18. The van der Waals surface area contributed by atoms with Crippen molar-refractivity contribution in [2.75, 3.05) is 11.9 Å². The molecule has 0 radical (unpaired) electrons. The third-order valence-corrected chi connectivity index (χ3v) is 7.76. The lowest BCUT2D eigenvalue weighted by atomic mass is 10.1. The van der Waals surface area contributed by atoms with Gasteiger partial charge >= 0.3 is 0 Å². The van der Waals surface area contributed by atoms with E-state index in [1.165, 1.54) is 17.4 Å². The summed E-state index contributed by atoms with van der Waals surface area (Å²) < 4.78 is 5.87. The van der Waals surface area contributed by atoms with Gasteiger partial charge in [0, 0.05) is 17.5 Å². The highest BCUT2D eigenvalue weighted by molar-refractivity contribution is 7.17. The van der Waals surface area contributed by atoms with Gasteiger partial charge in [0.25, 0.3) is 11.8 Å². The van der Waals surface area contributed by atoms with Gasteiger partial charge in [0.05, 0.1) is 10.9 Å². The number of thiophene rings is 1. The topological polar surface area (TPSA) is 88.4 Å². The van der Waals surface area contributed by atoms with E-state index in [0.29, 0.717) is 28.1 Å². The summed E-state index contributed by atoms with van der Waals surface area (Å²) in [6.45, 7) is 4.29. The number of carbonyl (C=O) groups excluding carboxylic acids is 2. The molecule has 2 aromatic heterocycles. The van der Waals surface area contributed by atoms with Crippen LogP contribution in [0.25, 0.3) is 11.0 Å². The molecule has 2 aromatic carbocycles. The zero-order valence-electron chi connectivity index (χ0n) is 19.7. The Morgan fingerprint density at radius 3 is 2.63 bits per heavy atom. The van der Waals surface area contributed by atoms with E-state index >= 15 is 0 Å². The van der Waals surface area contributed by atoms with Crippen molar-refractivity contribution in [2.24, 2.45) is 0 Å². The van der Waals surface area contributed by atoms with E-state index in [0.717, 1.165) is 52.8 Å². The number of hydrogen-bond donors (Lipinski definition) is 2. The average Bonchev–Trinajstić information content (AvgIpc) is 3.43. The van der Waals surface area contributed by atoms with Gasteiger partial charge in [0.2, 0.25) is 0 Å². The van der Waals surface area contributed by atoms with Crippen LogP contribution in [0.5, 0.6) is 0 Å². The van der Waals surface area contributed by atoms with E-state index in [9.17, 15) is 14.4 Å². The van der Waals surface area contributed by atoms with Gasteiger partial charge in [-0.25, -0.2) is 0 Å². The molecule has 7 heteroatoms. The van der Waals surface area contributed by atoms with Crippen molar-refractivity contribution in [2.45, 2.75) is 39.5 Å². The van der Waals surface area contributed by atoms with E-state index in [4.69, 9.17) is 4.42 Å². The first kappa shape index (κ1) is 23.1. The molecule has 0 fully saturated rings. The fourth-order valence-electron chi connectivity index (χ4n) is 4.51. The smallest absolute Gasteiger partial charge is 0.292 e. The molecule has 1 aliphatic rings. The van der Waals surface area contributed by atoms with Gasteiger partial charge in [-0.1, -0.05) is 36.4 Å². The normalized spacial score (nSPS) is 12.5. The Kier molecular flexibility index (Phi) is 6.26. The van der Waals surface area contributed by atoms with Gasteiger partial charge in [-0.3, -0.25) is 14.4 Å². The van der Waals surface area contributed by atoms with Crippen molar-refractivity contribution in [3.63, 3.8) is 0 Å². The van der Waals surface area contributed by atoms with Crippen LogP contribution in [0.3, 0.4) is 0 Å². The van der Waals surface area contributed by atoms with Crippen LogP contribution in [0.15, 0.2) is 57.7 Å². The Bertz CT molecular complexity index is 1500. The van der Waals surface area contributed by atoms with Crippen LogP contribution in [0.2, 0.25) is 0 Å². The molecule has 0 unspecified atom stereocenters. The van der Waals surface area contributed by atoms with E-state index in [-0.39, 0.29) is 17.1 Å². The van der Waals surface area contributed by atoms with E-state index in [1.54, 1.807) is 6.07 Å².